The summed E-state index contributed by atoms with van der Waals surface area (Å²) in [6.45, 7) is 2.81. The Morgan fingerprint density at radius 1 is 1.72 bits per heavy atom. The van der Waals surface area contributed by atoms with Gasteiger partial charge in [0.25, 0.3) is 0 Å². The quantitative estimate of drug-likeness (QED) is 0.503. The first-order valence-corrected chi connectivity index (χ1v) is 6.07. The molecule has 0 saturated carbocycles. The SMILES string of the molecule is C#CC1=C(C)[C@H](O)C[C@@H](OC(=O)NCCCN)C1. The van der Waals surface area contributed by atoms with Crippen molar-refractivity contribution in [2.75, 3.05) is 13.1 Å². The molecule has 5 nitrogen and oxygen atoms in total. The minimum absolute atomic E-state index is 0.368. The fraction of sp³-hybridized carbons (Fsp3) is 0.615. The smallest absolute Gasteiger partial charge is 0.407 e. The van der Waals surface area contributed by atoms with Crippen molar-refractivity contribution in [3.63, 3.8) is 0 Å². The number of carbonyl (C=O) groups is 1. The van der Waals surface area contributed by atoms with Crippen molar-refractivity contribution in [3.05, 3.63) is 11.1 Å². The molecule has 100 valence electrons. The average molecular weight is 252 g/mol. The molecule has 0 aromatic rings. The lowest BCUT2D eigenvalue weighted by Gasteiger charge is -2.27. The van der Waals surface area contributed by atoms with Crippen LogP contribution in [0, 0.1) is 12.3 Å². The zero-order valence-electron chi connectivity index (χ0n) is 10.6. The third-order valence-corrected chi connectivity index (χ3v) is 2.99. The van der Waals surface area contributed by atoms with E-state index in [1.54, 1.807) is 6.92 Å². The summed E-state index contributed by atoms with van der Waals surface area (Å²) in [5.41, 5.74) is 6.82. The normalized spacial score (nSPS) is 23.4. The third kappa shape index (κ3) is 4.06. The van der Waals surface area contributed by atoms with Crippen molar-refractivity contribution in [3.8, 4) is 12.3 Å². The number of nitrogens with two attached hydrogens (primary N) is 1. The molecular formula is C13H20N2O3. The molecule has 0 unspecified atom stereocenters. The summed E-state index contributed by atoms with van der Waals surface area (Å²) in [6.07, 6.45) is 5.45. The van der Waals surface area contributed by atoms with Crippen LogP contribution in [0.5, 0.6) is 0 Å². The van der Waals surface area contributed by atoms with E-state index in [-0.39, 0.29) is 6.10 Å². The van der Waals surface area contributed by atoms with Crippen LogP contribution in [0.1, 0.15) is 26.2 Å². The molecule has 0 heterocycles. The lowest BCUT2D eigenvalue weighted by Crippen LogP contribution is -2.34. The monoisotopic (exact) mass is 252 g/mol. The molecule has 1 aliphatic rings. The Balaban J connectivity index is 2.46. The number of hydrogen-bond donors (Lipinski definition) is 3. The van der Waals surface area contributed by atoms with E-state index in [4.69, 9.17) is 16.9 Å². The van der Waals surface area contributed by atoms with Gasteiger partial charge in [-0.1, -0.05) is 5.92 Å². The van der Waals surface area contributed by atoms with Gasteiger partial charge in [0.2, 0.25) is 0 Å². The van der Waals surface area contributed by atoms with Crippen LogP contribution in [-0.2, 0) is 4.74 Å². The molecule has 1 rings (SSSR count). The molecule has 18 heavy (non-hydrogen) atoms. The van der Waals surface area contributed by atoms with Crippen molar-refractivity contribution in [1.29, 1.82) is 0 Å². The van der Waals surface area contributed by atoms with Crippen LogP contribution in [-0.4, -0.2) is 36.5 Å². The van der Waals surface area contributed by atoms with E-state index in [1.807, 2.05) is 0 Å². The lowest BCUT2D eigenvalue weighted by atomic mass is 9.89. The fourth-order valence-electron chi connectivity index (χ4n) is 1.85. The Bertz CT molecular complexity index is 371. The summed E-state index contributed by atoms with van der Waals surface area (Å²) in [5.74, 6) is 2.53. The highest BCUT2D eigenvalue weighted by Crippen LogP contribution is 2.26. The summed E-state index contributed by atoms with van der Waals surface area (Å²) in [5, 5.41) is 12.4. The van der Waals surface area contributed by atoms with E-state index in [2.05, 4.69) is 11.2 Å². The maximum Gasteiger partial charge on any atom is 0.407 e. The highest BCUT2D eigenvalue weighted by atomic mass is 16.6. The minimum atomic E-state index is -0.633. The van der Waals surface area contributed by atoms with E-state index in [9.17, 15) is 9.90 Å². The molecule has 2 atom stereocenters. The maximum atomic E-state index is 11.4. The van der Waals surface area contributed by atoms with Gasteiger partial charge in [0.15, 0.2) is 0 Å². The molecular weight excluding hydrogens is 232 g/mol. The Labute approximate surface area is 107 Å². The van der Waals surface area contributed by atoms with E-state index < -0.39 is 12.2 Å². The van der Waals surface area contributed by atoms with Crippen molar-refractivity contribution < 1.29 is 14.6 Å². The largest absolute Gasteiger partial charge is 0.446 e. The maximum absolute atomic E-state index is 11.4. The van der Waals surface area contributed by atoms with Crippen LogP contribution in [0.3, 0.4) is 0 Å². The molecule has 0 fully saturated rings. The van der Waals surface area contributed by atoms with E-state index in [0.717, 1.165) is 5.57 Å². The van der Waals surface area contributed by atoms with Gasteiger partial charge in [-0.05, 0) is 25.5 Å². The van der Waals surface area contributed by atoms with Crippen molar-refractivity contribution >= 4 is 6.09 Å². The molecule has 5 heteroatoms. The number of hydrogen-bond acceptors (Lipinski definition) is 4. The molecule has 0 radical (unpaired) electrons. The zero-order valence-corrected chi connectivity index (χ0v) is 10.6. The predicted molar refractivity (Wildman–Crippen MR) is 68.7 cm³/mol. The number of aliphatic hydroxyl groups is 1. The lowest BCUT2D eigenvalue weighted by molar-refractivity contribution is 0.0572. The summed E-state index contributed by atoms with van der Waals surface area (Å²) in [4.78, 5) is 11.4. The molecule has 1 amide bonds. The van der Waals surface area contributed by atoms with Gasteiger partial charge in [-0.25, -0.2) is 4.79 Å². The molecule has 0 spiro atoms. The molecule has 0 bridgehead atoms. The number of carbonyl (C=O) groups excluding carboxylic acids is 1. The molecule has 0 aromatic carbocycles. The van der Waals surface area contributed by atoms with Crippen LogP contribution < -0.4 is 11.1 Å². The Morgan fingerprint density at radius 3 is 3.06 bits per heavy atom. The second-order valence-corrected chi connectivity index (χ2v) is 4.36. The van der Waals surface area contributed by atoms with Gasteiger partial charge in [0.1, 0.15) is 6.10 Å². The van der Waals surface area contributed by atoms with Gasteiger partial charge in [-0.15, -0.1) is 6.42 Å². The van der Waals surface area contributed by atoms with Crippen LogP contribution in [0.25, 0.3) is 0 Å². The van der Waals surface area contributed by atoms with E-state index in [1.165, 1.54) is 0 Å². The molecule has 1 aliphatic carbocycles. The Kier molecular flexibility index (Phi) is 5.69. The third-order valence-electron chi connectivity index (χ3n) is 2.99. The van der Waals surface area contributed by atoms with Crippen LogP contribution in [0.4, 0.5) is 4.79 Å². The van der Waals surface area contributed by atoms with Crippen molar-refractivity contribution in [2.45, 2.75) is 38.4 Å². The topological polar surface area (TPSA) is 84.6 Å². The second-order valence-electron chi connectivity index (χ2n) is 4.36. The number of amides is 1. The van der Waals surface area contributed by atoms with E-state index >= 15 is 0 Å². The van der Waals surface area contributed by atoms with Gasteiger partial charge in [-0.2, -0.15) is 0 Å². The van der Waals surface area contributed by atoms with Crippen LogP contribution >= 0.6 is 0 Å². The van der Waals surface area contributed by atoms with Gasteiger partial charge < -0.3 is 20.9 Å². The summed E-state index contributed by atoms with van der Waals surface area (Å²) in [7, 11) is 0. The summed E-state index contributed by atoms with van der Waals surface area (Å²) >= 11 is 0. The van der Waals surface area contributed by atoms with Gasteiger partial charge >= 0.3 is 6.09 Å². The molecule has 4 N–H and O–H groups in total. The molecule has 0 aromatic heterocycles. The molecule has 0 saturated heterocycles. The van der Waals surface area contributed by atoms with E-state index in [0.29, 0.717) is 37.9 Å². The summed E-state index contributed by atoms with van der Waals surface area (Å²) < 4.78 is 5.21. The first-order valence-electron chi connectivity index (χ1n) is 6.07. The van der Waals surface area contributed by atoms with Gasteiger partial charge in [-0.3, -0.25) is 0 Å². The van der Waals surface area contributed by atoms with Crippen LogP contribution in [0.15, 0.2) is 11.1 Å². The number of alkyl carbamates (subject to hydrolysis) is 1. The number of aliphatic hydroxyl groups excluding tert-OH is 1. The second kappa shape index (κ2) is 7.04. The molecule has 0 aliphatic heterocycles. The Hall–Kier alpha value is -1.51. The summed E-state index contributed by atoms with van der Waals surface area (Å²) in [6, 6.07) is 0. The minimum Gasteiger partial charge on any atom is -0.446 e. The number of ether oxygens (including phenoxy) is 1. The number of nitrogens with one attached hydrogen (secondary N) is 1. The highest BCUT2D eigenvalue weighted by Gasteiger charge is 2.27. The Morgan fingerprint density at radius 2 is 2.44 bits per heavy atom. The van der Waals surface area contributed by atoms with Crippen molar-refractivity contribution in [1.82, 2.24) is 5.32 Å². The standard InChI is InChI=1S/C13H20N2O3/c1-3-10-7-11(8-12(16)9(10)2)18-13(17)15-6-4-5-14/h1,11-12,16H,4-8,14H2,2H3,(H,15,17)/t11-,12+/m0/s1. The first kappa shape index (κ1) is 14.6. The predicted octanol–water partition coefficient (Wildman–Crippen LogP) is 0.534. The first-order chi connectivity index (χ1) is 8.58. The van der Waals surface area contributed by atoms with Gasteiger partial charge in [0.05, 0.1) is 6.10 Å². The van der Waals surface area contributed by atoms with Crippen LogP contribution in [0.2, 0.25) is 0 Å². The number of terminal acetylenes is 1. The number of rotatable bonds is 4. The van der Waals surface area contributed by atoms with Gasteiger partial charge in [0, 0.05) is 25.0 Å². The zero-order chi connectivity index (χ0) is 13.5. The highest BCUT2D eigenvalue weighted by molar-refractivity contribution is 5.67. The average Bonchev–Trinajstić information content (AvgIpc) is 2.34. The van der Waals surface area contributed by atoms with Crippen molar-refractivity contribution in [2.24, 2.45) is 5.73 Å². The fourth-order valence-corrected chi connectivity index (χ4v) is 1.85.